The minimum Gasteiger partial charge on any atom is -0.497 e. The Kier molecular flexibility index (Phi) is 3.58. The minimum absolute atomic E-state index is 0.0257. The zero-order valence-electron chi connectivity index (χ0n) is 10.3. The summed E-state index contributed by atoms with van der Waals surface area (Å²) in [7, 11) is 1.55. The van der Waals surface area contributed by atoms with Gasteiger partial charge in [-0.15, -0.1) is 0 Å². The highest BCUT2D eigenvalue weighted by Crippen LogP contribution is 2.18. The topological polar surface area (TPSA) is 56.9 Å². The largest absolute Gasteiger partial charge is 0.497 e. The van der Waals surface area contributed by atoms with Crippen molar-refractivity contribution in [3.05, 3.63) is 65.0 Å². The quantitative estimate of drug-likeness (QED) is 0.855. The van der Waals surface area contributed by atoms with Gasteiger partial charge in [0.15, 0.2) is 0 Å². The number of nitrogens with one attached hydrogen (secondary N) is 1. The lowest BCUT2D eigenvalue weighted by Gasteiger charge is -2.07. The fourth-order valence-electron chi connectivity index (χ4n) is 1.71. The molecule has 0 unspecified atom stereocenters. The van der Waals surface area contributed by atoms with Crippen LogP contribution in [-0.2, 0) is 0 Å². The number of hydrogen-bond acceptors (Lipinski definition) is 3. The van der Waals surface area contributed by atoms with E-state index in [0.717, 1.165) is 0 Å². The predicted molar refractivity (Wildman–Crippen MR) is 70.0 cm³/mol. The molecule has 3 nitrogen and oxygen atoms in total. The Balaban J connectivity index is 2.39. The summed E-state index contributed by atoms with van der Waals surface area (Å²) >= 11 is 0. The van der Waals surface area contributed by atoms with Crippen molar-refractivity contribution in [1.82, 2.24) is 0 Å². The van der Waals surface area contributed by atoms with Gasteiger partial charge in [-0.25, -0.2) is 4.39 Å². The van der Waals surface area contributed by atoms with E-state index in [1.165, 1.54) is 12.1 Å². The summed E-state index contributed by atoms with van der Waals surface area (Å²) in [5.41, 5.74) is 1.21. The van der Waals surface area contributed by atoms with Crippen LogP contribution in [0.15, 0.2) is 42.5 Å². The van der Waals surface area contributed by atoms with E-state index in [1.807, 2.05) is 0 Å². The fraction of sp³-hybridized carbons (Fsp3) is 0.0667. The SMILES string of the molecule is COc1cccc(C(=N)c2ccc(C#N)c(F)c2)c1. The Labute approximate surface area is 110 Å². The smallest absolute Gasteiger partial charge is 0.141 e. The standard InChI is InChI=1S/C15H11FN2O/c1-19-13-4-2-3-10(7-13)15(18)11-5-6-12(9-17)14(16)8-11/h2-8,18H,1H3. The number of rotatable bonds is 3. The average molecular weight is 254 g/mol. The van der Waals surface area contributed by atoms with Gasteiger partial charge in [0.25, 0.3) is 0 Å². The molecule has 2 rings (SSSR count). The summed E-state index contributed by atoms with van der Waals surface area (Å²) < 4.78 is 18.6. The molecular formula is C15H11FN2O. The van der Waals surface area contributed by atoms with E-state index in [0.29, 0.717) is 16.9 Å². The van der Waals surface area contributed by atoms with Crippen LogP contribution in [0.5, 0.6) is 5.75 Å². The lowest BCUT2D eigenvalue weighted by atomic mass is 10.0. The molecule has 0 spiro atoms. The van der Waals surface area contributed by atoms with E-state index in [1.54, 1.807) is 43.5 Å². The summed E-state index contributed by atoms with van der Waals surface area (Å²) in [6.07, 6.45) is 0. The van der Waals surface area contributed by atoms with Gasteiger partial charge < -0.3 is 4.74 Å². The molecule has 0 aliphatic rings. The van der Waals surface area contributed by atoms with Gasteiger partial charge in [-0.3, -0.25) is 5.41 Å². The molecule has 0 heterocycles. The highest BCUT2D eigenvalue weighted by Gasteiger charge is 2.09. The maximum Gasteiger partial charge on any atom is 0.141 e. The van der Waals surface area contributed by atoms with Crippen molar-refractivity contribution >= 4 is 5.71 Å². The first-order valence-corrected chi connectivity index (χ1v) is 5.58. The van der Waals surface area contributed by atoms with Crippen molar-refractivity contribution in [3.63, 3.8) is 0 Å². The Morgan fingerprint density at radius 1 is 1.21 bits per heavy atom. The second-order valence-electron chi connectivity index (χ2n) is 3.91. The summed E-state index contributed by atoms with van der Waals surface area (Å²) in [4.78, 5) is 0. The minimum atomic E-state index is -0.618. The molecule has 2 aromatic rings. The van der Waals surface area contributed by atoms with E-state index < -0.39 is 5.82 Å². The van der Waals surface area contributed by atoms with Crippen molar-refractivity contribution in [2.24, 2.45) is 0 Å². The Morgan fingerprint density at radius 2 is 1.95 bits per heavy atom. The first-order chi connectivity index (χ1) is 9.15. The lowest BCUT2D eigenvalue weighted by molar-refractivity contribution is 0.414. The Bertz CT molecular complexity index is 674. The average Bonchev–Trinajstić information content (AvgIpc) is 2.46. The van der Waals surface area contributed by atoms with Crippen LogP contribution in [0.25, 0.3) is 0 Å². The lowest BCUT2D eigenvalue weighted by Crippen LogP contribution is -2.02. The molecule has 0 bridgehead atoms. The van der Waals surface area contributed by atoms with Crippen molar-refractivity contribution in [1.29, 1.82) is 10.7 Å². The van der Waals surface area contributed by atoms with E-state index in [9.17, 15) is 4.39 Å². The first-order valence-electron chi connectivity index (χ1n) is 5.58. The summed E-state index contributed by atoms with van der Waals surface area (Å²) in [6.45, 7) is 0. The number of halogens is 1. The molecule has 94 valence electrons. The van der Waals surface area contributed by atoms with Crippen molar-refractivity contribution in [2.75, 3.05) is 7.11 Å². The number of benzene rings is 2. The molecule has 0 aliphatic carbocycles. The molecule has 19 heavy (non-hydrogen) atoms. The Hall–Kier alpha value is -2.67. The van der Waals surface area contributed by atoms with Crippen molar-refractivity contribution in [3.8, 4) is 11.8 Å². The third-order valence-electron chi connectivity index (χ3n) is 2.74. The zero-order valence-corrected chi connectivity index (χ0v) is 10.3. The van der Waals surface area contributed by atoms with Gasteiger partial charge in [0, 0.05) is 11.1 Å². The molecular weight excluding hydrogens is 243 g/mol. The molecule has 0 aliphatic heterocycles. The van der Waals surface area contributed by atoms with Crippen molar-refractivity contribution in [2.45, 2.75) is 0 Å². The number of ether oxygens (including phenoxy) is 1. The molecule has 2 aromatic carbocycles. The van der Waals surface area contributed by atoms with E-state index in [2.05, 4.69) is 0 Å². The van der Waals surface area contributed by atoms with E-state index in [4.69, 9.17) is 15.4 Å². The molecule has 4 heteroatoms. The molecule has 0 fully saturated rings. The third kappa shape index (κ3) is 2.61. The van der Waals surface area contributed by atoms with Crippen LogP contribution in [0, 0.1) is 22.6 Å². The Morgan fingerprint density at radius 3 is 2.58 bits per heavy atom. The molecule has 0 amide bonds. The normalized spacial score (nSPS) is 9.74. The second-order valence-corrected chi connectivity index (χ2v) is 3.91. The summed E-state index contributed by atoms with van der Waals surface area (Å²) in [5.74, 6) is 0.0176. The highest BCUT2D eigenvalue weighted by molar-refractivity contribution is 6.11. The van der Waals surface area contributed by atoms with Gasteiger partial charge in [-0.2, -0.15) is 5.26 Å². The van der Waals surface area contributed by atoms with Crippen LogP contribution >= 0.6 is 0 Å². The number of hydrogen-bond donors (Lipinski definition) is 1. The van der Waals surface area contributed by atoms with E-state index in [-0.39, 0.29) is 11.3 Å². The van der Waals surface area contributed by atoms with Crippen LogP contribution in [0.4, 0.5) is 4.39 Å². The first kappa shape index (κ1) is 12.8. The highest BCUT2D eigenvalue weighted by atomic mass is 19.1. The molecule has 0 atom stereocenters. The molecule has 0 saturated carbocycles. The van der Waals surface area contributed by atoms with Gasteiger partial charge in [0.2, 0.25) is 0 Å². The molecule has 0 saturated heterocycles. The number of nitrogens with zero attached hydrogens (tertiary/aromatic N) is 1. The van der Waals surface area contributed by atoms with Crippen LogP contribution in [0.1, 0.15) is 16.7 Å². The maximum absolute atomic E-state index is 13.5. The summed E-state index contributed by atoms with van der Waals surface area (Å²) in [5, 5.41) is 16.7. The molecule has 0 aromatic heterocycles. The van der Waals surface area contributed by atoms with E-state index >= 15 is 0 Å². The maximum atomic E-state index is 13.5. The van der Waals surface area contributed by atoms with Crippen LogP contribution in [0.3, 0.4) is 0 Å². The fourth-order valence-corrected chi connectivity index (χ4v) is 1.71. The summed E-state index contributed by atoms with van der Waals surface area (Å²) in [6, 6.07) is 12.9. The van der Waals surface area contributed by atoms with Gasteiger partial charge in [0.1, 0.15) is 17.6 Å². The van der Waals surface area contributed by atoms with Crippen LogP contribution < -0.4 is 4.74 Å². The van der Waals surface area contributed by atoms with Gasteiger partial charge in [-0.05, 0) is 24.3 Å². The van der Waals surface area contributed by atoms with Crippen LogP contribution in [0.2, 0.25) is 0 Å². The number of methoxy groups -OCH3 is 1. The molecule has 0 radical (unpaired) electrons. The predicted octanol–water partition coefficient (Wildman–Crippen LogP) is 3.12. The third-order valence-corrected chi connectivity index (χ3v) is 2.74. The van der Waals surface area contributed by atoms with Gasteiger partial charge in [0.05, 0.1) is 18.4 Å². The second kappa shape index (κ2) is 5.32. The zero-order chi connectivity index (χ0) is 13.8. The van der Waals surface area contributed by atoms with Gasteiger partial charge in [-0.1, -0.05) is 18.2 Å². The number of nitriles is 1. The van der Waals surface area contributed by atoms with Gasteiger partial charge >= 0.3 is 0 Å². The monoisotopic (exact) mass is 254 g/mol. The van der Waals surface area contributed by atoms with Crippen molar-refractivity contribution < 1.29 is 9.13 Å². The van der Waals surface area contributed by atoms with Crippen LogP contribution in [-0.4, -0.2) is 12.8 Å². The molecule has 1 N–H and O–H groups in total.